The van der Waals surface area contributed by atoms with Crippen molar-refractivity contribution in [1.82, 2.24) is 9.97 Å². The van der Waals surface area contributed by atoms with E-state index in [0.29, 0.717) is 16.3 Å². The molecule has 0 aliphatic heterocycles. The van der Waals surface area contributed by atoms with Crippen molar-refractivity contribution in [3.63, 3.8) is 0 Å². The molecule has 0 fully saturated rings. The fourth-order valence-electron chi connectivity index (χ4n) is 2.06. The van der Waals surface area contributed by atoms with Crippen LogP contribution in [-0.4, -0.2) is 28.5 Å². The maximum Gasteiger partial charge on any atom is 0.312 e. The topological polar surface area (TPSA) is 81.2 Å². The van der Waals surface area contributed by atoms with Gasteiger partial charge in [0.25, 0.3) is 5.91 Å². The Kier molecular flexibility index (Phi) is 6.43. The minimum Gasteiger partial charge on any atom is -0.455 e. The molecule has 3 rings (SSSR count). The monoisotopic (exact) mass is 441 g/mol. The van der Waals surface area contributed by atoms with Gasteiger partial charge < -0.3 is 10.1 Å². The number of carbonyl (C=O) groups is 2. The number of esters is 1. The van der Waals surface area contributed by atoms with Crippen LogP contribution in [0.2, 0.25) is 10.0 Å². The van der Waals surface area contributed by atoms with Crippen LogP contribution < -0.4 is 5.32 Å². The molecule has 6 nitrogen and oxygen atoms in total. The molecule has 0 atom stereocenters. The van der Waals surface area contributed by atoms with Crippen molar-refractivity contribution in [2.24, 2.45) is 0 Å². The number of halogens is 2. The predicted molar refractivity (Wildman–Crippen MR) is 108 cm³/mol. The van der Waals surface area contributed by atoms with Gasteiger partial charge in [-0.15, -0.1) is 22.7 Å². The van der Waals surface area contributed by atoms with Gasteiger partial charge in [0.2, 0.25) is 0 Å². The number of pyridine rings is 1. The van der Waals surface area contributed by atoms with Crippen LogP contribution in [0.1, 0.15) is 11.3 Å². The van der Waals surface area contributed by atoms with Crippen LogP contribution >= 0.6 is 45.9 Å². The van der Waals surface area contributed by atoms with Crippen molar-refractivity contribution in [2.45, 2.75) is 13.3 Å². The first-order valence-electron chi connectivity index (χ1n) is 7.68. The van der Waals surface area contributed by atoms with Crippen LogP contribution in [0.25, 0.3) is 9.88 Å². The summed E-state index contributed by atoms with van der Waals surface area (Å²) < 4.78 is 4.99. The van der Waals surface area contributed by atoms with E-state index in [1.54, 1.807) is 23.6 Å². The highest BCUT2D eigenvalue weighted by atomic mass is 35.5. The lowest BCUT2D eigenvalue weighted by molar-refractivity contribution is -0.146. The summed E-state index contributed by atoms with van der Waals surface area (Å²) in [4.78, 5) is 33.3. The van der Waals surface area contributed by atoms with Crippen molar-refractivity contribution in [2.75, 3.05) is 11.9 Å². The highest BCUT2D eigenvalue weighted by Crippen LogP contribution is 2.29. The Bertz CT molecular complexity index is 974. The van der Waals surface area contributed by atoms with E-state index in [-0.39, 0.29) is 17.3 Å². The molecule has 1 N–H and O–H groups in total. The van der Waals surface area contributed by atoms with E-state index >= 15 is 0 Å². The van der Waals surface area contributed by atoms with E-state index in [9.17, 15) is 9.59 Å². The number of amides is 1. The maximum absolute atomic E-state index is 11.9. The average Bonchev–Trinajstić information content (AvgIpc) is 3.32. The summed E-state index contributed by atoms with van der Waals surface area (Å²) in [6, 6.07) is 3.91. The van der Waals surface area contributed by atoms with Crippen LogP contribution in [0.3, 0.4) is 0 Å². The third-order valence-corrected chi connectivity index (χ3v) is 6.21. The van der Waals surface area contributed by atoms with Crippen molar-refractivity contribution in [3.8, 4) is 9.88 Å². The molecule has 0 aliphatic rings. The van der Waals surface area contributed by atoms with Gasteiger partial charge in [-0.1, -0.05) is 29.3 Å². The number of nitrogens with one attached hydrogen (secondary N) is 1. The Morgan fingerprint density at radius 3 is 2.85 bits per heavy atom. The highest BCUT2D eigenvalue weighted by Gasteiger charge is 2.15. The number of anilines is 1. The molecule has 3 aromatic heterocycles. The number of hydrogen-bond acceptors (Lipinski definition) is 7. The third kappa shape index (κ3) is 5.04. The van der Waals surface area contributed by atoms with E-state index in [1.165, 1.54) is 17.5 Å². The average molecular weight is 442 g/mol. The van der Waals surface area contributed by atoms with Crippen LogP contribution in [-0.2, 0) is 20.7 Å². The van der Waals surface area contributed by atoms with Crippen LogP contribution in [0, 0.1) is 6.92 Å². The van der Waals surface area contributed by atoms with Crippen molar-refractivity contribution in [1.29, 1.82) is 0 Å². The number of thiazole rings is 1. The highest BCUT2D eigenvalue weighted by molar-refractivity contribution is 7.20. The quantitative estimate of drug-likeness (QED) is 0.564. The number of nitrogens with zero attached hydrogens (tertiary/aromatic N) is 2. The maximum atomic E-state index is 11.9. The van der Waals surface area contributed by atoms with Crippen molar-refractivity contribution < 1.29 is 14.3 Å². The smallest absolute Gasteiger partial charge is 0.312 e. The first-order chi connectivity index (χ1) is 12.9. The molecule has 1 amide bonds. The number of ether oxygens (including phenoxy) is 1. The lowest BCUT2D eigenvalue weighted by Gasteiger charge is -2.09. The van der Waals surface area contributed by atoms with Gasteiger partial charge in [0.05, 0.1) is 27.0 Å². The molecule has 0 unspecified atom stereocenters. The van der Waals surface area contributed by atoms with Crippen LogP contribution in [0.4, 0.5) is 5.82 Å². The second kappa shape index (κ2) is 8.79. The van der Waals surface area contributed by atoms with Gasteiger partial charge in [0.15, 0.2) is 12.4 Å². The molecule has 0 spiro atoms. The molecule has 0 aromatic carbocycles. The zero-order valence-electron chi connectivity index (χ0n) is 14.0. The van der Waals surface area contributed by atoms with Gasteiger partial charge in [0.1, 0.15) is 5.01 Å². The molecule has 0 aliphatic carbocycles. The zero-order valence-corrected chi connectivity index (χ0v) is 17.1. The van der Waals surface area contributed by atoms with Crippen LogP contribution in [0.15, 0.2) is 29.1 Å². The van der Waals surface area contributed by atoms with E-state index in [1.807, 2.05) is 17.5 Å². The SMILES string of the molecule is Cc1c(Cl)cnc(NC(=O)COC(=O)Cc2csc(-c3cccs3)n2)c1Cl. The molecule has 3 heterocycles. The number of aromatic nitrogens is 2. The number of hydrogen-bond donors (Lipinski definition) is 1. The van der Waals surface area contributed by atoms with E-state index in [0.717, 1.165) is 9.88 Å². The Balaban J connectivity index is 1.50. The Hall–Kier alpha value is -2.00. The van der Waals surface area contributed by atoms with E-state index in [4.69, 9.17) is 27.9 Å². The first-order valence-corrected chi connectivity index (χ1v) is 10.2. The number of carbonyl (C=O) groups excluding carboxylic acids is 2. The second-order valence-electron chi connectivity index (χ2n) is 5.40. The molecule has 140 valence electrons. The van der Waals surface area contributed by atoms with Gasteiger partial charge >= 0.3 is 5.97 Å². The van der Waals surface area contributed by atoms with Gasteiger partial charge in [-0.05, 0) is 23.9 Å². The summed E-state index contributed by atoms with van der Waals surface area (Å²) in [5, 5.41) is 7.75. The standard InChI is InChI=1S/C17H13Cl2N3O3S2/c1-9-11(18)6-20-16(15(9)19)22-13(23)7-25-14(24)5-10-8-27-17(21-10)12-3-2-4-26-12/h2-4,6,8H,5,7H2,1H3,(H,20,22,23). The Morgan fingerprint density at radius 1 is 1.30 bits per heavy atom. The van der Waals surface area contributed by atoms with Gasteiger partial charge in [0, 0.05) is 11.6 Å². The van der Waals surface area contributed by atoms with Crippen LogP contribution in [0.5, 0.6) is 0 Å². The summed E-state index contributed by atoms with van der Waals surface area (Å²) in [7, 11) is 0. The largest absolute Gasteiger partial charge is 0.455 e. The predicted octanol–water partition coefficient (Wildman–Crippen LogP) is 4.61. The molecular formula is C17H13Cl2N3O3S2. The Morgan fingerprint density at radius 2 is 2.11 bits per heavy atom. The summed E-state index contributed by atoms with van der Waals surface area (Å²) >= 11 is 15.0. The fraction of sp³-hybridized carbons (Fsp3) is 0.176. The minimum absolute atomic E-state index is 0.00574. The van der Waals surface area contributed by atoms with Gasteiger partial charge in [-0.25, -0.2) is 9.97 Å². The molecule has 0 saturated carbocycles. The first kappa shape index (κ1) is 19.8. The molecule has 3 aromatic rings. The van der Waals surface area contributed by atoms with Gasteiger partial charge in [-0.3, -0.25) is 9.59 Å². The second-order valence-corrected chi connectivity index (χ2v) is 7.99. The number of thiophene rings is 1. The molecule has 0 bridgehead atoms. The fourth-order valence-corrected chi connectivity index (χ4v) is 4.08. The Labute approximate surface area is 173 Å². The summed E-state index contributed by atoms with van der Waals surface area (Å²) in [6.07, 6.45) is 1.38. The normalized spacial score (nSPS) is 10.6. The van der Waals surface area contributed by atoms with E-state index in [2.05, 4.69) is 15.3 Å². The third-order valence-electron chi connectivity index (χ3n) is 3.43. The lowest BCUT2D eigenvalue weighted by atomic mass is 10.3. The summed E-state index contributed by atoms with van der Waals surface area (Å²) in [5.41, 5.74) is 1.21. The molecule has 0 radical (unpaired) electrons. The zero-order chi connectivity index (χ0) is 19.4. The molecule has 27 heavy (non-hydrogen) atoms. The number of rotatable bonds is 6. The summed E-state index contributed by atoms with van der Waals surface area (Å²) in [6.45, 7) is 1.26. The molecular weight excluding hydrogens is 429 g/mol. The lowest BCUT2D eigenvalue weighted by Crippen LogP contribution is -2.22. The van der Waals surface area contributed by atoms with Crippen molar-refractivity contribution in [3.05, 3.63) is 50.4 Å². The van der Waals surface area contributed by atoms with E-state index < -0.39 is 18.5 Å². The molecule has 10 heteroatoms. The van der Waals surface area contributed by atoms with Crippen molar-refractivity contribution >= 4 is 63.6 Å². The van der Waals surface area contributed by atoms with Gasteiger partial charge in [-0.2, -0.15) is 0 Å². The minimum atomic E-state index is -0.544. The summed E-state index contributed by atoms with van der Waals surface area (Å²) in [5.74, 6) is -0.920. The molecule has 0 saturated heterocycles.